The zero-order chi connectivity index (χ0) is 22.1. The summed E-state index contributed by atoms with van der Waals surface area (Å²) in [6.07, 6.45) is 4.60. The van der Waals surface area contributed by atoms with Crippen molar-refractivity contribution < 1.29 is 14.4 Å². The third-order valence-corrected chi connectivity index (χ3v) is 7.56. The van der Waals surface area contributed by atoms with Crippen LogP contribution in [0.25, 0.3) is 0 Å². The van der Waals surface area contributed by atoms with Gasteiger partial charge in [0.1, 0.15) is 6.04 Å². The number of fused-ring (bicyclic) bond motifs is 1. The van der Waals surface area contributed by atoms with Crippen LogP contribution in [-0.2, 0) is 16.1 Å². The molecule has 5 rings (SSSR count). The first-order valence-corrected chi connectivity index (χ1v) is 12.0. The zero-order valence-corrected chi connectivity index (χ0v) is 19.9. The van der Waals surface area contributed by atoms with Crippen molar-refractivity contribution in [2.75, 3.05) is 50.7 Å². The largest absolute Gasteiger partial charge is 0.369 e. The lowest BCUT2D eigenvalue weighted by atomic mass is 9.94. The fourth-order valence-electron chi connectivity index (χ4n) is 5.52. The Labute approximate surface area is 201 Å². The molecule has 3 amide bonds. The van der Waals surface area contributed by atoms with E-state index in [1.54, 1.807) is 4.90 Å². The second-order valence-corrected chi connectivity index (χ2v) is 9.55. The van der Waals surface area contributed by atoms with Crippen LogP contribution in [-0.4, -0.2) is 79.4 Å². The Balaban J connectivity index is 0.00000259. The molecule has 0 spiro atoms. The summed E-state index contributed by atoms with van der Waals surface area (Å²) in [6, 6.07) is 5.50. The van der Waals surface area contributed by atoms with Crippen LogP contribution in [0.15, 0.2) is 18.2 Å². The summed E-state index contributed by atoms with van der Waals surface area (Å²) in [7, 11) is 0. The minimum atomic E-state index is -0.556. The first kappa shape index (κ1) is 24.0. The van der Waals surface area contributed by atoms with Crippen molar-refractivity contribution in [2.24, 2.45) is 5.92 Å². The van der Waals surface area contributed by atoms with Crippen LogP contribution in [0.2, 0.25) is 0 Å². The van der Waals surface area contributed by atoms with Gasteiger partial charge in [-0.25, -0.2) is 0 Å². The number of nitrogens with one attached hydrogen (secondary N) is 2. The first-order chi connectivity index (χ1) is 15.6. The van der Waals surface area contributed by atoms with Crippen molar-refractivity contribution in [3.8, 4) is 0 Å². The van der Waals surface area contributed by atoms with Gasteiger partial charge in [-0.15, -0.1) is 12.4 Å². The molecule has 1 atom stereocenters. The van der Waals surface area contributed by atoms with Crippen LogP contribution >= 0.6 is 12.4 Å². The number of anilines is 1. The number of hydrogen-bond acceptors (Lipinski definition) is 6. The Bertz CT molecular complexity index is 896. The summed E-state index contributed by atoms with van der Waals surface area (Å²) in [6.45, 7) is 8.10. The third kappa shape index (κ3) is 5.18. The number of carbonyl (C=O) groups excluding carboxylic acids is 3. The SMILES string of the molecule is Cl.O=C1CCC(N2Cc3cc(N4CCN(CCC5CCNCC5)CC4)ccc3C2=O)C(=O)N1. The zero-order valence-electron chi connectivity index (χ0n) is 19.1. The number of amides is 3. The molecule has 180 valence electrons. The summed E-state index contributed by atoms with van der Waals surface area (Å²) >= 11 is 0. The lowest BCUT2D eigenvalue weighted by Gasteiger charge is -2.37. The number of imide groups is 1. The topological polar surface area (TPSA) is 85.0 Å². The molecule has 0 saturated carbocycles. The Hall–Kier alpha value is -2.16. The molecular formula is C24H34ClN5O3. The highest BCUT2D eigenvalue weighted by Crippen LogP contribution is 2.31. The van der Waals surface area contributed by atoms with Crippen LogP contribution < -0.4 is 15.5 Å². The van der Waals surface area contributed by atoms with Gasteiger partial charge in [0, 0.05) is 50.4 Å². The summed E-state index contributed by atoms with van der Waals surface area (Å²) in [5, 5.41) is 5.81. The second kappa shape index (κ2) is 10.4. The maximum atomic E-state index is 12.9. The van der Waals surface area contributed by atoms with Crippen molar-refractivity contribution in [3.05, 3.63) is 29.3 Å². The van der Waals surface area contributed by atoms with Crippen molar-refractivity contribution in [1.29, 1.82) is 0 Å². The summed E-state index contributed by atoms with van der Waals surface area (Å²) in [5.74, 6) is 0.149. The Kier molecular flexibility index (Phi) is 7.56. The van der Waals surface area contributed by atoms with Crippen molar-refractivity contribution in [3.63, 3.8) is 0 Å². The standard InChI is InChI=1S/C24H33N5O3.ClH/c30-22-4-3-21(23(31)26-22)29-16-18-15-19(1-2-20(18)24(29)32)28-13-11-27(12-14-28)10-7-17-5-8-25-9-6-17;/h1-2,15,17,21,25H,3-14,16H2,(H,26,30,31);1H. The van der Waals surface area contributed by atoms with Crippen molar-refractivity contribution >= 4 is 35.8 Å². The maximum Gasteiger partial charge on any atom is 0.255 e. The summed E-state index contributed by atoms with van der Waals surface area (Å²) in [4.78, 5) is 43.2. The second-order valence-electron chi connectivity index (χ2n) is 9.55. The molecule has 3 fully saturated rings. The van der Waals surface area contributed by atoms with Gasteiger partial charge in [-0.2, -0.15) is 0 Å². The Morgan fingerprint density at radius 1 is 0.970 bits per heavy atom. The Morgan fingerprint density at radius 3 is 2.45 bits per heavy atom. The summed E-state index contributed by atoms with van der Waals surface area (Å²) in [5.41, 5.74) is 2.81. The molecule has 0 aliphatic carbocycles. The van der Waals surface area contributed by atoms with Crippen molar-refractivity contribution in [2.45, 2.75) is 44.7 Å². The molecule has 1 aromatic carbocycles. The van der Waals surface area contributed by atoms with E-state index in [0.717, 1.165) is 43.3 Å². The minimum absolute atomic E-state index is 0. The number of benzene rings is 1. The molecule has 4 aliphatic heterocycles. The number of nitrogens with zero attached hydrogens (tertiary/aromatic N) is 3. The van der Waals surface area contributed by atoms with Gasteiger partial charge in [0.15, 0.2) is 0 Å². The normalized spacial score (nSPS) is 24.5. The van der Waals surface area contributed by atoms with Crippen LogP contribution in [0.1, 0.15) is 48.0 Å². The highest BCUT2D eigenvalue weighted by atomic mass is 35.5. The smallest absolute Gasteiger partial charge is 0.255 e. The van der Waals surface area contributed by atoms with E-state index in [-0.39, 0.29) is 36.5 Å². The Morgan fingerprint density at radius 2 is 1.73 bits per heavy atom. The van der Waals surface area contributed by atoms with Gasteiger partial charge in [-0.3, -0.25) is 24.6 Å². The van der Waals surface area contributed by atoms with Crippen LogP contribution in [0.5, 0.6) is 0 Å². The molecule has 1 aromatic rings. The van der Waals surface area contributed by atoms with Crippen LogP contribution in [0.4, 0.5) is 5.69 Å². The van der Waals surface area contributed by atoms with Gasteiger partial charge in [-0.05, 0) is 75.0 Å². The quantitative estimate of drug-likeness (QED) is 0.626. The lowest BCUT2D eigenvalue weighted by molar-refractivity contribution is -0.136. The van der Waals surface area contributed by atoms with E-state index >= 15 is 0 Å². The molecular weight excluding hydrogens is 442 g/mol. The average Bonchev–Trinajstić information content (AvgIpc) is 3.14. The first-order valence-electron chi connectivity index (χ1n) is 12.0. The number of piperazine rings is 1. The highest BCUT2D eigenvalue weighted by molar-refractivity contribution is 6.05. The predicted octanol–water partition coefficient (Wildman–Crippen LogP) is 1.38. The highest BCUT2D eigenvalue weighted by Gasteiger charge is 2.39. The molecule has 2 N–H and O–H groups in total. The number of piperidine rings is 2. The molecule has 4 heterocycles. The fourth-order valence-corrected chi connectivity index (χ4v) is 5.52. The molecule has 1 unspecified atom stereocenters. The number of carbonyl (C=O) groups is 3. The number of hydrogen-bond donors (Lipinski definition) is 2. The van der Waals surface area contributed by atoms with Gasteiger partial charge in [-0.1, -0.05) is 0 Å². The maximum absolute atomic E-state index is 12.9. The van der Waals surface area contributed by atoms with Crippen LogP contribution in [0, 0.1) is 5.92 Å². The van der Waals surface area contributed by atoms with E-state index in [1.165, 1.54) is 38.9 Å². The molecule has 33 heavy (non-hydrogen) atoms. The van der Waals surface area contributed by atoms with E-state index < -0.39 is 6.04 Å². The minimum Gasteiger partial charge on any atom is -0.369 e. The molecule has 8 nitrogen and oxygen atoms in total. The van der Waals surface area contributed by atoms with E-state index in [0.29, 0.717) is 18.5 Å². The van der Waals surface area contributed by atoms with E-state index in [4.69, 9.17) is 0 Å². The predicted molar refractivity (Wildman–Crippen MR) is 129 cm³/mol. The van der Waals surface area contributed by atoms with E-state index in [9.17, 15) is 14.4 Å². The fraction of sp³-hybridized carbons (Fsp3) is 0.625. The van der Waals surface area contributed by atoms with Gasteiger partial charge in [0.25, 0.3) is 5.91 Å². The molecule has 3 saturated heterocycles. The number of halogens is 1. The summed E-state index contributed by atoms with van der Waals surface area (Å²) < 4.78 is 0. The van der Waals surface area contributed by atoms with Gasteiger partial charge in [0.2, 0.25) is 11.8 Å². The third-order valence-electron chi connectivity index (χ3n) is 7.56. The van der Waals surface area contributed by atoms with Crippen molar-refractivity contribution in [1.82, 2.24) is 20.4 Å². The molecule has 9 heteroatoms. The van der Waals surface area contributed by atoms with E-state index in [2.05, 4.69) is 26.5 Å². The lowest BCUT2D eigenvalue weighted by Crippen LogP contribution is -2.52. The van der Waals surface area contributed by atoms with E-state index in [1.807, 2.05) is 12.1 Å². The molecule has 0 radical (unpaired) electrons. The molecule has 4 aliphatic rings. The van der Waals surface area contributed by atoms with Crippen LogP contribution in [0.3, 0.4) is 0 Å². The number of rotatable bonds is 5. The monoisotopic (exact) mass is 475 g/mol. The molecule has 0 aromatic heterocycles. The average molecular weight is 476 g/mol. The molecule has 0 bridgehead atoms. The van der Waals surface area contributed by atoms with Gasteiger partial charge in [0.05, 0.1) is 0 Å². The van der Waals surface area contributed by atoms with Gasteiger partial charge < -0.3 is 15.1 Å². The van der Waals surface area contributed by atoms with Gasteiger partial charge >= 0.3 is 0 Å².